The summed E-state index contributed by atoms with van der Waals surface area (Å²) in [6.07, 6.45) is 6.85. The second kappa shape index (κ2) is 4.87. The molecule has 1 aliphatic heterocycles. The highest BCUT2D eigenvalue weighted by atomic mass is 16.5. The first-order valence-electron chi connectivity index (χ1n) is 7.36. The summed E-state index contributed by atoms with van der Waals surface area (Å²) < 4.78 is 5.69. The van der Waals surface area contributed by atoms with Crippen LogP contribution in [0.1, 0.15) is 39.0 Å². The molecule has 0 bridgehead atoms. The second-order valence-electron chi connectivity index (χ2n) is 6.25. The van der Waals surface area contributed by atoms with Crippen molar-refractivity contribution in [3.8, 4) is 0 Å². The average Bonchev–Trinajstić information content (AvgIpc) is 3.25. The number of rotatable bonds is 7. The number of nitrogens with zero attached hydrogens (tertiary/aromatic N) is 1. The Hall–Kier alpha value is -0.120. The fourth-order valence-corrected chi connectivity index (χ4v) is 2.99. The first-order valence-corrected chi connectivity index (χ1v) is 7.36. The minimum absolute atomic E-state index is 0.404. The summed E-state index contributed by atoms with van der Waals surface area (Å²) in [5.41, 5.74) is 0.404. The van der Waals surface area contributed by atoms with Crippen LogP contribution in [0, 0.1) is 5.41 Å². The molecular formula is C14H26N2O. The smallest absolute Gasteiger partial charge is 0.0547 e. The highest BCUT2D eigenvalue weighted by Gasteiger charge is 2.40. The third-order valence-electron chi connectivity index (χ3n) is 4.54. The molecule has 0 spiro atoms. The monoisotopic (exact) mass is 238 g/mol. The van der Waals surface area contributed by atoms with Crippen LogP contribution in [0.15, 0.2) is 0 Å². The SMILES string of the molecule is CCN(CC1(CNC2CC2)CCOC1)C1CC1. The lowest BCUT2D eigenvalue weighted by Gasteiger charge is -2.34. The van der Waals surface area contributed by atoms with Crippen molar-refractivity contribution in [3.05, 3.63) is 0 Å². The Morgan fingerprint density at radius 2 is 2.12 bits per heavy atom. The van der Waals surface area contributed by atoms with Crippen LogP contribution in [-0.4, -0.2) is 49.8 Å². The lowest BCUT2D eigenvalue weighted by molar-refractivity contribution is 0.107. The lowest BCUT2D eigenvalue weighted by atomic mass is 9.86. The van der Waals surface area contributed by atoms with Gasteiger partial charge in [0, 0.05) is 37.2 Å². The van der Waals surface area contributed by atoms with E-state index in [1.54, 1.807) is 0 Å². The summed E-state index contributed by atoms with van der Waals surface area (Å²) in [5, 5.41) is 3.72. The van der Waals surface area contributed by atoms with Crippen molar-refractivity contribution in [1.29, 1.82) is 0 Å². The van der Waals surface area contributed by atoms with Gasteiger partial charge in [0.2, 0.25) is 0 Å². The van der Waals surface area contributed by atoms with Crippen molar-refractivity contribution in [3.63, 3.8) is 0 Å². The first kappa shape index (κ1) is 11.9. The highest BCUT2D eigenvalue weighted by molar-refractivity contribution is 4.95. The molecule has 0 radical (unpaired) electrons. The fourth-order valence-electron chi connectivity index (χ4n) is 2.99. The summed E-state index contributed by atoms with van der Waals surface area (Å²) in [5.74, 6) is 0. The van der Waals surface area contributed by atoms with Crippen molar-refractivity contribution in [2.45, 2.75) is 51.1 Å². The van der Waals surface area contributed by atoms with Gasteiger partial charge in [-0.15, -0.1) is 0 Å². The van der Waals surface area contributed by atoms with E-state index in [4.69, 9.17) is 4.74 Å². The number of hydrogen-bond acceptors (Lipinski definition) is 3. The predicted molar refractivity (Wildman–Crippen MR) is 69.2 cm³/mol. The zero-order chi connectivity index (χ0) is 11.7. The van der Waals surface area contributed by atoms with E-state index >= 15 is 0 Å². The van der Waals surface area contributed by atoms with E-state index in [0.29, 0.717) is 5.41 Å². The molecule has 0 aromatic rings. The predicted octanol–water partition coefficient (Wildman–Crippen LogP) is 1.63. The molecule has 2 aliphatic carbocycles. The first-order chi connectivity index (χ1) is 8.31. The van der Waals surface area contributed by atoms with Crippen LogP contribution in [0.2, 0.25) is 0 Å². The van der Waals surface area contributed by atoms with Crippen LogP contribution in [-0.2, 0) is 4.74 Å². The molecule has 3 heteroatoms. The summed E-state index contributed by atoms with van der Waals surface area (Å²) in [6.45, 7) is 7.85. The largest absolute Gasteiger partial charge is 0.381 e. The zero-order valence-corrected chi connectivity index (χ0v) is 11.1. The standard InChI is InChI=1S/C14H26N2O/c1-2-16(13-5-6-13)10-14(7-8-17-11-14)9-15-12-3-4-12/h12-13,15H,2-11H2,1H3. The molecule has 1 heterocycles. The maximum Gasteiger partial charge on any atom is 0.0547 e. The molecule has 0 aromatic heterocycles. The fraction of sp³-hybridized carbons (Fsp3) is 1.00. The Balaban J connectivity index is 1.56. The molecule has 1 unspecified atom stereocenters. The van der Waals surface area contributed by atoms with E-state index in [0.717, 1.165) is 25.3 Å². The molecule has 3 aliphatic rings. The van der Waals surface area contributed by atoms with E-state index in [1.807, 2.05) is 0 Å². The lowest BCUT2D eigenvalue weighted by Crippen LogP contribution is -2.46. The Labute approximate surface area is 105 Å². The number of ether oxygens (including phenoxy) is 1. The van der Waals surface area contributed by atoms with E-state index in [-0.39, 0.29) is 0 Å². The third kappa shape index (κ3) is 3.01. The molecular weight excluding hydrogens is 212 g/mol. The van der Waals surface area contributed by atoms with Crippen LogP contribution in [0.5, 0.6) is 0 Å². The Bertz CT molecular complexity index is 255. The van der Waals surface area contributed by atoms with Crippen LogP contribution >= 0.6 is 0 Å². The van der Waals surface area contributed by atoms with Crippen molar-refractivity contribution < 1.29 is 4.74 Å². The van der Waals surface area contributed by atoms with Gasteiger partial charge in [-0.3, -0.25) is 4.90 Å². The molecule has 3 fully saturated rings. The Kier molecular flexibility index (Phi) is 3.42. The highest BCUT2D eigenvalue weighted by Crippen LogP contribution is 2.35. The van der Waals surface area contributed by atoms with Crippen LogP contribution in [0.3, 0.4) is 0 Å². The Morgan fingerprint density at radius 3 is 2.65 bits per heavy atom. The van der Waals surface area contributed by atoms with Crippen LogP contribution in [0.25, 0.3) is 0 Å². The van der Waals surface area contributed by atoms with Crippen molar-refractivity contribution >= 4 is 0 Å². The molecule has 1 saturated heterocycles. The molecule has 17 heavy (non-hydrogen) atoms. The minimum Gasteiger partial charge on any atom is -0.381 e. The number of hydrogen-bond donors (Lipinski definition) is 1. The van der Waals surface area contributed by atoms with Gasteiger partial charge in [-0.25, -0.2) is 0 Å². The average molecular weight is 238 g/mol. The summed E-state index contributed by atoms with van der Waals surface area (Å²) in [6, 6.07) is 1.71. The molecule has 0 aromatic carbocycles. The number of nitrogens with one attached hydrogen (secondary N) is 1. The van der Waals surface area contributed by atoms with E-state index in [9.17, 15) is 0 Å². The van der Waals surface area contributed by atoms with Crippen LogP contribution in [0.4, 0.5) is 0 Å². The van der Waals surface area contributed by atoms with E-state index in [2.05, 4.69) is 17.1 Å². The molecule has 0 amide bonds. The van der Waals surface area contributed by atoms with Gasteiger partial charge in [-0.2, -0.15) is 0 Å². The van der Waals surface area contributed by atoms with Gasteiger partial charge in [0.15, 0.2) is 0 Å². The summed E-state index contributed by atoms with van der Waals surface area (Å²) in [4.78, 5) is 2.68. The molecule has 2 saturated carbocycles. The van der Waals surface area contributed by atoms with Gasteiger partial charge in [-0.1, -0.05) is 6.92 Å². The van der Waals surface area contributed by atoms with Crippen molar-refractivity contribution in [2.75, 3.05) is 32.8 Å². The summed E-state index contributed by atoms with van der Waals surface area (Å²) >= 11 is 0. The van der Waals surface area contributed by atoms with Crippen LogP contribution < -0.4 is 5.32 Å². The summed E-state index contributed by atoms with van der Waals surface area (Å²) in [7, 11) is 0. The molecule has 1 N–H and O–H groups in total. The molecule has 3 rings (SSSR count). The normalized spacial score (nSPS) is 33.5. The second-order valence-corrected chi connectivity index (χ2v) is 6.25. The van der Waals surface area contributed by atoms with E-state index < -0.39 is 0 Å². The maximum absolute atomic E-state index is 5.69. The topological polar surface area (TPSA) is 24.5 Å². The molecule has 3 nitrogen and oxygen atoms in total. The maximum atomic E-state index is 5.69. The van der Waals surface area contributed by atoms with Gasteiger partial charge in [0.1, 0.15) is 0 Å². The Morgan fingerprint density at radius 1 is 1.29 bits per heavy atom. The third-order valence-corrected chi connectivity index (χ3v) is 4.54. The van der Waals surface area contributed by atoms with Gasteiger partial charge >= 0.3 is 0 Å². The van der Waals surface area contributed by atoms with E-state index in [1.165, 1.54) is 51.7 Å². The van der Waals surface area contributed by atoms with Gasteiger partial charge < -0.3 is 10.1 Å². The van der Waals surface area contributed by atoms with Gasteiger partial charge in [-0.05, 0) is 38.6 Å². The quantitative estimate of drug-likeness (QED) is 0.729. The van der Waals surface area contributed by atoms with Crippen molar-refractivity contribution in [2.24, 2.45) is 5.41 Å². The van der Waals surface area contributed by atoms with Gasteiger partial charge in [0.25, 0.3) is 0 Å². The molecule has 1 atom stereocenters. The van der Waals surface area contributed by atoms with Gasteiger partial charge in [0.05, 0.1) is 6.61 Å². The molecule has 98 valence electrons. The minimum atomic E-state index is 0.404. The van der Waals surface area contributed by atoms with Crippen molar-refractivity contribution in [1.82, 2.24) is 10.2 Å². The zero-order valence-electron chi connectivity index (χ0n) is 11.1.